The molecule has 28 heavy (non-hydrogen) atoms. The smallest absolute Gasteiger partial charge is 0.116 e. The van der Waals surface area contributed by atoms with E-state index >= 15 is 0 Å². The Hall–Kier alpha value is -3.78. The topological polar surface area (TPSA) is 40.5 Å². The van der Waals surface area contributed by atoms with Crippen molar-refractivity contribution in [2.24, 2.45) is 0 Å². The van der Waals surface area contributed by atoms with E-state index in [0.717, 1.165) is 43.8 Å². The number of phenolic OH excluding ortho intramolecular Hbond substituents is 2. The molecule has 2 nitrogen and oxygen atoms in total. The van der Waals surface area contributed by atoms with Crippen LogP contribution in [-0.4, -0.2) is 10.2 Å². The monoisotopic (exact) mass is 362 g/mol. The molecule has 0 amide bonds. The van der Waals surface area contributed by atoms with Gasteiger partial charge in [-0.3, -0.25) is 0 Å². The predicted molar refractivity (Wildman–Crippen MR) is 116 cm³/mol. The number of phenols is 2. The summed E-state index contributed by atoms with van der Waals surface area (Å²) in [6, 6.07) is 31.9. The molecule has 0 atom stereocenters. The van der Waals surface area contributed by atoms with Crippen LogP contribution in [0, 0.1) is 0 Å². The summed E-state index contributed by atoms with van der Waals surface area (Å²) in [6.45, 7) is 0. The lowest BCUT2D eigenvalue weighted by atomic mass is 9.96. The third-order valence-corrected chi connectivity index (χ3v) is 5.18. The highest BCUT2D eigenvalue weighted by molar-refractivity contribution is 5.90. The lowest BCUT2D eigenvalue weighted by molar-refractivity contribution is 0.475. The summed E-state index contributed by atoms with van der Waals surface area (Å²) >= 11 is 0. The van der Waals surface area contributed by atoms with Crippen molar-refractivity contribution in [2.75, 3.05) is 0 Å². The molecule has 5 aromatic rings. The molecule has 0 saturated carbocycles. The van der Waals surface area contributed by atoms with Crippen molar-refractivity contribution in [2.45, 2.75) is 0 Å². The maximum atomic E-state index is 9.66. The molecular formula is C26H18O2. The zero-order chi connectivity index (χ0) is 19.1. The zero-order valence-electron chi connectivity index (χ0n) is 15.1. The normalized spacial score (nSPS) is 11.1. The molecule has 0 aliphatic rings. The predicted octanol–water partition coefficient (Wildman–Crippen LogP) is 6.74. The minimum atomic E-state index is 0.284. The molecule has 0 spiro atoms. The first kappa shape index (κ1) is 16.4. The van der Waals surface area contributed by atoms with Crippen molar-refractivity contribution in [1.82, 2.24) is 0 Å². The third-order valence-electron chi connectivity index (χ3n) is 5.18. The highest BCUT2D eigenvalue weighted by Crippen LogP contribution is 2.31. The Morgan fingerprint density at radius 2 is 0.750 bits per heavy atom. The van der Waals surface area contributed by atoms with E-state index in [1.165, 1.54) is 0 Å². The number of hydrogen-bond donors (Lipinski definition) is 2. The van der Waals surface area contributed by atoms with Gasteiger partial charge >= 0.3 is 0 Å². The fraction of sp³-hybridized carbons (Fsp3) is 0. The average Bonchev–Trinajstić information content (AvgIpc) is 2.73. The number of aromatic hydroxyl groups is 2. The van der Waals surface area contributed by atoms with E-state index in [9.17, 15) is 10.2 Å². The second kappa shape index (κ2) is 6.43. The second-order valence-corrected chi connectivity index (χ2v) is 7.07. The molecule has 0 aromatic heterocycles. The van der Waals surface area contributed by atoms with Gasteiger partial charge in [0.25, 0.3) is 0 Å². The molecule has 0 bridgehead atoms. The molecule has 5 aromatic carbocycles. The summed E-state index contributed by atoms with van der Waals surface area (Å²) in [5.41, 5.74) is 4.59. The van der Waals surface area contributed by atoms with Gasteiger partial charge in [0, 0.05) is 0 Å². The fourth-order valence-electron chi connectivity index (χ4n) is 3.70. The summed E-state index contributed by atoms with van der Waals surface area (Å²) in [4.78, 5) is 0. The van der Waals surface area contributed by atoms with Gasteiger partial charge in [-0.05, 0) is 86.3 Å². The Morgan fingerprint density at radius 3 is 1.25 bits per heavy atom. The summed E-state index contributed by atoms with van der Waals surface area (Å²) in [7, 11) is 0. The largest absolute Gasteiger partial charge is 0.508 e. The Kier molecular flexibility index (Phi) is 3.77. The Labute approximate surface area is 162 Å². The average molecular weight is 362 g/mol. The van der Waals surface area contributed by atoms with Crippen molar-refractivity contribution in [3.63, 3.8) is 0 Å². The molecule has 0 saturated heterocycles. The van der Waals surface area contributed by atoms with Crippen LogP contribution in [0.5, 0.6) is 11.5 Å². The molecule has 0 radical (unpaired) electrons. The second-order valence-electron chi connectivity index (χ2n) is 7.07. The quantitative estimate of drug-likeness (QED) is 0.365. The zero-order valence-corrected chi connectivity index (χ0v) is 15.1. The van der Waals surface area contributed by atoms with Crippen LogP contribution in [0.25, 0.3) is 43.8 Å². The van der Waals surface area contributed by atoms with Gasteiger partial charge in [0.2, 0.25) is 0 Å². The number of hydrogen-bond acceptors (Lipinski definition) is 2. The van der Waals surface area contributed by atoms with Gasteiger partial charge in [0.1, 0.15) is 11.5 Å². The molecule has 0 aliphatic heterocycles. The van der Waals surface area contributed by atoms with E-state index in [2.05, 4.69) is 48.5 Å². The first-order valence-corrected chi connectivity index (χ1v) is 9.22. The molecule has 134 valence electrons. The van der Waals surface area contributed by atoms with Crippen LogP contribution in [0.1, 0.15) is 0 Å². The van der Waals surface area contributed by atoms with Crippen LogP contribution >= 0.6 is 0 Å². The lowest BCUT2D eigenvalue weighted by Crippen LogP contribution is -1.83. The van der Waals surface area contributed by atoms with E-state index in [0.29, 0.717) is 0 Å². The number of fused-ring (bicyclic) bond motifs is 2. The fourth-order valence-corrected chi connectivity index (χ4v) is 3.70. The molecule has 2 heteroatoms. The number of rotatable bonds is 2. The minimum absolute atomic E-state index is 0.284. The van der Waals surface area contributed by atoms with Crippen LogP contribution in [0.2, 0.25) is 0 Å². The van der Waals surface area contributed by atoms with Crippen LogP contribution in [0.4, 0.5) is 0 Å². The van der Waals surface area contributed by atoms with E-state index < -0.39 is 0 Å². The Balaban J connectivity index is 1.58. The Bertz CT molecular complexity index is 1230. The SMILES string of the molecule is Oc1ccc2cc(-c3cccc(-c4ccc5cc(O)ccc5c4)c3)ccc2c1. The molecule has 5 rings (SSSR count). The lowest BCUT2D eigenvalue weighted by Gasteiger charge is -2.09. The summed E-state index contributed by atoms with van der Waals surface area (Å²) in [6.07, 6.45) is 0. The van der Waals surface area contributed by atoms with Crippen LogP contribution in [-0.2, 0) is 0 Å². The van der Waals surface area contributed by atoms with Gasteiger partial charge in [0.15, 0.2) is 0 Å². The molecular weight excluding hydrogens is 344 g/mol. The van der Waals surface area contributed by atoms with E-state index in [1.807, 2.05) is 24.3 Å². The highest BCUT2D eigenvalue weighted by atomic mass is 16.3. The van der Waals surface area contributed by atoms with Crippen molar-refractivity contribution >= 4 is 21.5 Å². The molecule has 0 unspecified atom stereocenters. The van der Waals surface area contributed by atoms with Crippen LogP contribution in [0.3, 0.4) is 0 Å². The summed E-state index contributed by atoms with van der Waals surface area (Å²) in [5, 5.41) is 23.6. The van der Waals surface area contributed by atoms with Gasteiger partial charge in [0.05, 0.1) is 0 Å². The minimum Gasteiger partial charge on any atom is -0.508 e. The number of benzene rings is 5. The van der Waals surface area contributed by atoms with Gasteiger partial charge in [-0.2, -0.15) is 0 Å². The van der Waals surface area contributed by atoms with E-state index in [-0.39, 0.29) is 11.5 Å². The Morgan fingerprint density at radius 1 is 0.357 bits per heavy atom. The van der Waals surface area contributed by atoms with Crippen LogP contribution in [0.15, 0.2) is 97.1 Å². The van der Waals surface area contributed by atoms with E-state index in [1.54, 1.807) is 24.3 Å². The maximum absolute atomic E-state index is 9.66. The van der Waals surface area contributed by atoms with Crippen molar-refractivity contribution in [3.05, 3.63) is 97.1 Å². The first-order chi connectivity index (χ1) is 13.7. The molecule has 2 N–H and O–H groups in total. The van der Waals surface area contributed by atoms with Crippen molar-refractivity contribution in [3.8, 4) is 33.8 Å². The van der Waals surface area contributed by atoms with Gasteiger partial charge < -0.3 is 10.2 Å². The molecule has 0 fully saturated rings. The van der Waals surface area contributed by atoms with Crippen molar-refractivity contribution in [1.29, 1.82) is 0 Å². The third kappa shape index (κ3) is 2.95. The van der Waals surface area contributed by atoms with Crippen LogP contribution < -0.4 is 0 Å². The molecule has 0 heterocycles. The van der Waals surface area contributed by atoms with E-state index in [4.69, 9.17) is 0 Å². The summed E-state index contributed by atoms with van der Waals surface area (Å²) in [5.74, 6) is 0.568. The first-order valence-electron chi connectivity index (χ1n) is 9.22. The van der Waals surface area contributed by atoms with Gasteiger partial charge in [-0.25, -0.2) is 0 Å². The maximum Gasteiger partial charge on any atom is 0.116 e. The van der Waals surface area contributed by atoms with Crippen molar-refractivity contribution < 1.29 is 10.2 Å². The molecule has 0 aliphatic carbocycles. The summed E-state index contributed by atoms with van der Waals surface area (Å²) < 4.78 is 0. The van der Waals surface area contributed by atoms with Gasteiger partial charge in [-0.15, -0.1) is 0 Å². The van der Waals surface area contributed by atoms with Gasteiger partial charge in [-0.1, -0.05) is 54.6 Å². The standard InChI is InChI=1S/C26H18O2/c27-25-10-8-21-13-19(4-6-23(21)15-25)17-2-1-3-18(12-17)20-5-7-24-16-26(28)11-9-22(24)14-20/h1-16,27-28H. The highest BCUT2D eigenvalue weighted by Gasteiger charge is 2.05.